The normalized spacial score (nSPS) is 11.0. The van der Waals surface area contributed by atoms with Crippen LogP contribution in [0.5, 0.6) is 0 Å². The fourth-order valence-corrected chi connectivity index (χ4v) is 1.76. The zero-order valence-corrected chi connectivity index (χ0v) is 12.3. The van der Waals surface area contributed by atoms with Crippen molar-refractivity contribution in [1.29, 1.82) is 0 Å². The number of carbonyl (C=O) groups excluding carboxylic acids is 1. The standard InChI is InChI=1S/C14H21N3O3/c1-14(2,3)9-17(4)13(20)16-11-6-5-10(15-8-11)7-12(18)19/h5-6,8H,7,9H2,1-4H3,(H,16,20)(H,18,19). The number of pyridine rings is 1. The molecule has 0 radical (unpaired) electrons. The zero-order valence-electron chi connectivity index (χ0n) is 12.3. The van der Waals surface area contributed by atoms with Crippen molar-refractivity contribution in [2.75, 3.05) is 18.9 Å². The number of carbonyl (C=O) groups is 2. The summed E-state index contributed by atoms with van der Waals surface area (Å²) in [6.45, 7) is 6.79. The first kappa shape index (κ1) is 15.9. The molecular weight excluding hydrogens is 258 g/mol. The Labute approximate surface area is 118 Å². The number of amides is 2. The molecule has 0 atom stereocenters. The largest absolute Gasteiger partial charge is 0.481 e. The maximum atomic E-state index is 11.9. The van der Waals surface area contributed by atoms with Gasteiger partial charge in [-0.05, 0) is 17.5 Å². The molecule has 0 saturated carbocycles. The zero-order chi connectivity index (χ0) is 15.3. The number of carboxylic acid groups (broad SMARTS) is 1. The van der Waals surface area contributed by atoms with E-state index in [1.54, 1.807) is 24.1 Å². The van der Waals surface area contributed by atoms with Crippen LogP contribution in [0.1, 0.15) is 26.5 Å². The Morgan fingerprint density at radius 2 is 2.00 bits per heavy atom. The van der Waals surface area contributed by atoms with Crippen LogP contribution in [0, 0.1) is 5.41 Å². The Hall–Kier alpha value is -2.11. The molecule has 0 aliphatic carbocycles. The lowest BCUT2D eigenvalue weighted by Crippen LogP contribution is -2.37. The predicted octanol–water partition coefficient (Wildman–Crippen LogP) is 2.22. The number of aromatic nitrogens is 1. The molecule has 0 aromatic carbocycles. The first-order chi connectivity index (χ1) is 9.17. The summed E-state index contributed by atoms with van der Waals surface area (Å²) in [5.74, 6) is -0.931. The lowest BCUT2D eigenvalue weighted by atomic mass is 9.96. The molecule has 110 valence electrons. The van der Waals surface area contributed by atoms with E-state index in [9.17, 15) is 9.59 Å². The molecule has 1 heterocycles. The second-order valence-electron chi connectivity index (χ2n) is 5.96. The second-order valence-corrected chi connectivity index (χ2v) is 5.96. The van der Waals surface area contributed by atoms with Gasteiger partial charge in [-0.15, -0.1) is 0 Å². The minimum Gasteiger partial charge on any atom is -0.481 e. The van der Waals surface area contributed by atoms with Crippen LogP contribution in [0.2, 0.25) is 0 Å². The van der Waals surface area contributed by atoms with Crippen molar-refractivity contribution < 1.29 is 14.7 Å². The molecule has 0 bridgehead atoms. The Morgan fingerprint density at radius 3 is 2.45 bits per heavy atom. The summed E-state index contributed by atoms with van der Waals surface area (Å²) >= 11 is 0. The highest BCUT2D eigenvalue weighted by Crippen LogP contribution is 2.15. The Kier molecular flexibility index (Phi) is 5.07. The third-order valence-electron chi connectivity index (χ3n) is 2.47. The van der Waals surface area contributed by atoms with Crippen LogP contribution in [0.25, 0.3) is 0 Å². The van der Waals surface area contributed by atoms with Crippen LogP contribution in [-0.4, -0.2) is 40.6 Å². The molecule has 1 rings (SSSR count). The van der Waals surface area contributed by atoms with Gasteiger partial charge in [0, 0.05) is 13.6 Å². The van der Waals surface area contributed by atoms with E-state index >= 15 is 0 Å². The molecule has 2 amide bonds. The maximum Gasteiger partial charge on any atom is 0.321 e. The number of anilines is 1. The van der Waals surface area contributed by atoms with Crippen LogP contribution in [0.3, 0.4) is 0 Å². The average Bonchev–Trinajstić information content (AvgIpc) is 2.28. The molecule has 6 nitrogen and oxygen atoms in total. The van der Waals surface area contributed by atoms with Crippen LogP contribution in [0.15, 0.2) is 18.3 Å². The highest BCUT2D eigenvalue weighted by atomic mass is 16.4. The van der Waals surface area contributed by atoms with Gasteiger partial charge in [0.05, 0.1) is 24.0 Å². The van der Waals surface area contributed by atoms with E-state index in [-0.39, 0.29) is 17.9 Å². The van der Waals surface area contributed by atoms with Crippen LogP contribution >= 0.6 is 0 Å². The van der Waals surface area contributed by atoms with E-state index in [4.69, 9.17) is 5.11 Å². The van der Waals surface area contributed by atoms with E-state index in [0.717, 1.165) is 0 Å². The molecule has 0 saturated heterocycles. The Bertz CT molecular complexity index is 477. The molecule has 0 spiro atoms. The number of hydrogen-bond acceptors (Lipinski definition) is 3. The fraction of sp³-hybridized carbons (Fsp3) is 0.500. The van der Waals surface area contributed by atoms with Gasteiger partial charge in [-0.3, -0.25) is 9.78 Å². The highest BCUT2D eigenvalue weighted by Gasteiger charge is 2.17. The second kappa shape index (κ2) is 6.36. The van der Waals surface area contributed by atoms with Gasteiger partial charge in [0.15, 0.2) is 0 Å². The van der Waals surface area contributed by atoms with Crippen molar-refractivity contribution in [2.45, 2.75) is 27.2 Å². The van der Waals surface area contributed by atoms with Gasteiger partial charge in [-0.1, -0.05) is 20.8 Å². The number of nitrogens with one attached hydrogen (secondary N) is 1. The third-order valence-corrected chi connectivity index (χ3v) is 2.47. The molecule has 0 aliphatic rings. The van der Waals surface area contributed by atoms with Crippen molar-refractivity contribution >= 4 is 17.7 Å². The van der Waals surface area contributed by atoms with Crippen LogP contribution < -0.4 is 5.32 Å². The molecule has 0 unspecified atom stereocenters. The summed E-state index contributed by atoms with van der Waals surface area (Å²) in [5, 5.41) is 11.4. The summed E-state index contributed by atoms with van der Waals surface area (Å²) < 4.78 is 0. The number of rotatable bonds is 4. The average molecular weight is 279 g/mol. The molecule has 6 heteroatoms. The van der Waals surface area contributed by atoms with Gasteiger partial charge >= 0.3 is 12.0 Å². The van der Waals surface area contributed by atoms with Gasteiger partial charge in [-0.25, -0.2) is 4.79 Å². The molecule has 1 aromatic heterocycles. The van der Waals surface area contributed by atoms with Gasteiger partial charge in [0.2, 0.25) is 0 Å². The minimum atomic E-state index is -0.931. The van der Waals surface area contributed by atoms with Crippen molar-refractivity contribution in [3.63, 3.8) is 0 Å². The quantitative estimate of drug-likeness (QED) is 0.885. The van der Waals surface area contributed by atoms with Gasteiger partial charge in [-0.2, -0.15) is 0 Å². The number of urea groups is 1. The summed E-state index contributed by atoms with van der Waals surface area (Å²) in [5.41, 5.74) is 1.03. The molecule has 2 N–H and O–H groups in total. The van der Waals surface area contributed by atoms with E-state index in [1.807, 2.05) is 0 Å². The van der Waals surface area contributed by atoms with E-state index in [1.165, 1.54) is 6.20 Å². The first-order valence-electron chi connectivity index (χ1n) is 6.36. The lowest BCUT2D eigenvalue weighted by Gasteiger charge is -2.26. The Morgan fingerprint density at radius 1 is 1.35 bits per heavy atom. The monoisotopic (exact) mass is 279 g/mol. The highest BCUT2D eigenvalue weighted by molar-refractivity contribution is 5.89. The smallest absolute Gasteiger partial charge is 0.321 e. The number of carboxylic acids is 1. The van der Waals surface area contributed by atoms with E-state index in [2.05, 4.69) is 31.1 Å². The number of nitrogens with zero attached hydrogens (tertiary/aromatic N) is 2. The topological polar surface area (TPSA) is 82.5 Å². The summed E-state index contributed by atoms with van der Waals surface area (Å²) in [4.78, 5) is 28.1. The van der Waals surface area contributed by atoms with Crippen molar-refractivity contribution in [2.24, 2.45) is 5.41 Å². The van der Waals surface area contributed by atoms with Crippen LogP contribution in [-0.2, 0) is 11.2 Å². The van der Waals surface area contributed by atoms with Crippen molar-refractivity contribution in [3.8, 4) is 0 Å². The van der Waals surface area contributed by atoms with Crippen molar-refractivity contribution in [1.82, 2.24) is 9.88 Å². The number of hydrogen-bond donors (Lipinski definition) is 2. The molecule has 0 fully saturated rings. The first-order valence-corrected chi connectivity index (χ1v) is 6.36. The SMILES string of the molecule is CN(CC(C)(C)C)C(=O)Nc1ccc(CC(=O)O)nc1. The van der Waals surface area contributed by atoms with Gasteiger partial charge < -0.3 is 15.3 Å². The number of aliphatic carboxylic acids is 1. The third kappa shape index (κ3) is 5.69. The summed E-state index contributed by atoms with van der Waals surface area (Å²) in [7, 11) is 1.73. The van der Waals surface area contributed by atoms with Gasteiger partial charge in [0.1, 0.15) is 0 Å². The fourth-order valence-electron chi connectivity index (χ4n) is 1.76. The van der Waals surface area contributed by atoms with E-state index < -0.39 is 5.97 Å². The lowest BCUT2D eigenvalue weighted by molar-refractivity contribution is -0.136. The molecule has 1 aromatic rings. The maximum absolute atomic E-state index is 11.9. The Balaban J connectivity index is 2.60. The van der Waals surface area contributed by atoms with Crippen LogP contribution in [0.4, 0.5) is 10.5 Å². The minimum absolute atomic E-state index is 0.0235. The van der Waals surface area contributed by atoms with E-state index in [0.29, 0.717) is 17.9 Å². The summed E-state index contributed by atoms with van der Waals surface area (Å²) in [6.07, 6.45) is 1.33. The molecule has 20 heavy (non-hydrogen) atoms. The van der Waals surface area contributed by atoms with Crippen molar-refractivity contribution in [3.05, 3.63) is 24.0 Å². The predicted molar refractivity (Wildman–Crippen MR) is 76.7 cm³/mol. The van der Waals surface area contributed by atoms with Gasteiger partial charge in [0.25, 0.3) is 0 Å². The molecular formula is C14H21N3O3. The molecule has 0 aliphatic heterocycles. The summed E-state index contributed by atoms with van der Waals surface area (Å²) in [6, 6.07) is 3.02.